The molecule has 7 heteroatoms. The maximum atomic E-state index is 12.0. The normalized spacial score (nSPS) is 19.0. The van der Waals surface area contributed by atoms with Gasteiger partial charge in [-0.2, -0.15) is 0 Å². The molecule has 1 saturated heterocycles. The molecule has 0 spiro atoms. The van der Waals surface area contributed by atoms with Gasteiger partial charge in [-0.15, -0.1) is 0 Å². The van der Waals surface area contributed by atoms with E-state index in [0.29, 0.717) is 36.0 Å². The molecule has 1 aliphatic rings. The highest BCUT2D eigenvalue weighted by Crippen LogP contribution is 2.28. The van der Waals surface area contributed by atoms with Gasteiger partial charge < -0.3 is 19.9 Å². The highest BCUT2D eigenvalue weighted by Gasteiger charge is 2.29. The predicted octanol–water partition coefficient (Wildman–Crippen LogP) is 1.63. The number of benzene rings is 1. The third-order valence-electron chi connectivity index (χ3n) is 3.34. The molecular formula is C14H16ClNO5. The number of nitrogens with one attached hydrogen (secondary N) is 1. The van der Waals surface area contributed by atoms with Crippen LogP contribution in [0.4, 0.5) is 0 Å². The van der Waals surface area contributed by atoms with Gasteiger partial charge in [0.15, 0.2) is 6.04 Å². The molecule has 6 nitrogen and oxygen atoms in total. The van der Waals surface area contributed by atoms with Crippen molar-refractivity contribution in [3.8, 4) is 5.75 Å². The summed E-state index contributed by atoms with van der Waals surface area (Å²) in [6, 6.07) is 3.46. The number of carboxylic acid groups (broad SMARTS) is 1. The Kier molecular flexibility index (Phi) is 5.03. The number of carboxylic acids is 1. The topological polar surface area (TPSA) is 84.9 Å². The van der Waals surface area contributed by atoms with Gasteiger partial charge in [0.25, 0.3) is 0 Å². The molecule has 0 aliphatic carbocycles. The quantitative estimate of drug-likeness (QED) is 0.863. The van der Waals surface area contributed by atoms with Crippen LogP contribution in [0.2, 0.25) is 5.02 Å². The first-order valence-electron chi connectivity index (χ1n) is 6.47. The zero-order valence-corrected chi connectivity index (χ0v) is 12.2. The number of amides is 1. The van der Waals surface area contributed by atoms with Crippen LogP contribution in [0.3, 0.4) is 0 Å². The third kappa shape index (κ3) is 3.65. The van der Waals surface area contributed by atoms with Crippen molar-refractivity contribution in [3.63, 3.8) is 0 Å². The Morgan fingerprint density at radius 3 is 2.81 bits per heavy atom. The molecule has 1 amide bonds. The molecule has 0 bridgehead atoms. The molecule has 2 N–H and O–H groups in total. The number of aliphatic carboxylic acids is 1. The SMILES string of the molecule is COc1ccc(C(NC(=O)C2CCOC2)C(=O)O)cc1Cl. The van der Waals surface area contributed by atoms with Gasteiger partial charge in [0.05, 0.1) is 24.7 Å². The number of ether oxygens (including phenoxy) is 2. The first-order valence-corrected chi connectivity index (χ1v) is 6.85. The number of halogens is 1. The summed E-state index contributed by atoms with van der Waals surface area (Å²) < 4.78 is 10.1. The maximum Gasteiger partial charge on any atom is 0.330 e. The number of carbonyl (C=O) groups excluding carboxylic acids is 1. The van der Waals surface area contributed by atoms with E-state index in [0.717, 1.165) is 0 Å². The van der Waals surface area contributed by atoms with E-state index in [-0.39, 0.29) is 11.8 Å². The van der Waals surface area contributed by atoms with Crippen molar-refractivity contribution in [1.29, 1.82) is 0 Å². The fourth-order valence-electron chi connectivity index (χ4n) is 2.15. The summed E-state index contributed by atoms with van der Waals surface area (Å²) in [4.78, 5) is 23.4. The fourth-order valence-corrected chi connectivity index (χ4v) is 2.42. The average molecular weight is 314 g/mol. The Balaban J connectivity index is 2.16. The van der Waals surface area contributed by atoms with Crippen molar-refractivity contribution in [1.82, 2.24) is 5.32 Å². The van der Waals surface area contributed by atoms with Crippen LogP contribution in [0.1, 0.15) is 18.0 Å². The number of methoxy groups -OCH3 is 1. The van der Waals surface area contributed by atoms with Gasteiger partial charge in [0, 0.05) is 6.61 Å². The molecule has 1 aromatic rings. The number of hydrogen-bond acceptors (Lipinski definition) is 4. The van der Waals surface area contributed by atoms with Crippen molar-refractivity contribution in [2.45, 2.75) is 12.5 Å². The highest BCUT2D eigenvalue weighted by atomic mass is 35.5. The third-order valence-corrected chi connectivity index (χ3v) is 3.64. The van der Waals surface area contributed by atoms with Crippen LogP contribution >= 0.6 is 11.6 Å². The van der Waals surface area contributed by atoms with Gasteiger partial charge >= 0.3 is 5.97 Å². The Labute approximate surface area is 127 Å². The van der Waals surface area contributed by atoms with Crippen LogP contribution in [0, 0.1) is 5.92 Å². The first kappa shape index (κ1) is 15.6. The van der Waals surface area contributed by atoms with Crippen molar-refractivity contribution in [2.75, 3.05) is 20.3 Å². The van der Waals surface area contributed by atoms with E-state index in [1.165, 1.54) is 13.2 Å². The minimum absolute atomic E-state index is 0.291. The average Bonchev–Trinajstić information content (AvgIpc) is 2.98. The second-order valence-electron chi connectivity index (χ2n) is 4.73. The lowest BCUT2D eigenvalue weighted by atomic mass is 10.0. The van der Waals surface area contributed by atoms with Gasteiger partial charge in [0.2, 0.25) is 5.91 Å². The molecule has 2 atom stereocenters. The van der Waals surface area contributed by atoms with Crippen molar-refractivity contribution < 1.29 is 24.2 Å². The van der Waals surface area contributed by atoms with Crippen LogP contribution in [0.15, 0.2) is 18.2 Å². The Morgan fingerprint density at radius 2 is 2.29 bits per heavy atom. The maximum absolute atomic E-state index is 12.0. The molecule has 2 unspecified atom stereocenters. The molecular weight excluding hydrogens is 298 g/mol. The van der Waals surface area contributed by atoms with Gasteiger partial charge in [0.1, 0.15) is 5.75 Å². The zero-order chi connectivity index (χ0) is 15.4. The number of rotatable bonds is 5. The van der Waals surface area contributed by atoms with Gasteiger partial charge in [-0.25, -0.2) is 4.79 Å². The van der Waals surface area contributed by atoms with E-state index >= 15 is 0 Å². The summed E-state index contributed by atoms with van der Waals surface area (Å²) in [5.74, 6) is -1.34. The van der Waals surface area contributed by atoms with Crippen LogP contribution in [0.5, 0.6) is 5.75 Å². The lowest BCUT2D eigenvalue weighted by Gasteiger charge is -2.18. The molecule has 1 heterocycles. The van der Waals surface area contributed by atoms with Gasteiger partial charge in [-0.05, 0) is 24.1 Å². The Bertz CT molecular complexity index is 542. The van der Waals surface area contributed by atoms with Crippen molar-refractivity contribution in [2.24, 2.45) is 5.92 Å². The molecule has 1 aromatic carbocycles. The monoisotopic (exact) mass is 313 g/mol. The number of carbonyl (C=O) groups is 2. The molecule has 1 aliphatic heterocycles. The number of hydrogen-bond donors (Lipinski definition) is 2. The van der Waals surface area contributed by atoms with Gasteiger partial charge in [-0.3, -0.25) is 4.79 Å². The fraction of sp³-hybridized carbons (Fsp3) is 0.429. The Hall–Kier alpha value is -1.79. The standard InChI is InChI=1S/C14H16ClNO5/c1-20-11-3-2-8(6-10(11)15)12(14(18)19)16-13(17)9-4-5-21-7-9/h2-3,6,9,12H,4-5,7H2,1H3,(H,16,17)(H,18,19). The van der Waals surface area contributed by atoms with Crippen LogP contribution in [0.25, 0.3) is 0 Å². The summed E-state index contributed by atoms with van der Waals surface area (Å²) in [5.41, 5.74) is 0.389. The zero-order valence-electron chi connectivity index (χ0n) is 11.5. The second-order valence-corrected chi connectivity index (χ2v) is 5.14. The predicted molar refractivity (Wildman–Crippen MR) is 75.4 cm³/mol. The van der Waals surface area contributed by atoms with E-state index in [1.807, 2.05) is 0 Å². The molecule has 0 radical (unpaired) electrons. The minimum atomic E-state index is -1.15. The van der Waals surface area contributed by atoms with Crippen molar-refractivity contribution in [3.05, 3.63) is 28.8 Å². The van der Waals surface area contributed by atoms with Crippen LogP contribution in [-0.4, -0.2) is 37.3 Å². The smallest absolute Gasteiger partial charge is 0.330 e. The minimum Gasteiger partial charge on any atom is -0.495 e. The van der Waals surface area contributed by atoms with Crippen LogP contribution < -0.4 is 10.1 Å². The first-order chi connectivity index (χ1) is 10.0. The molecule has 114 valence electrons. The van der Waals surface area contributed by atoms with E-state index in [9.17, 15) is 14.7 Å². The lowest BCUT2D eigenvalue weighted by Crippen LogP contribution is -2.38. The second kappa shape index (κ2) is 6.78. The molecule has 2 rings (SSSR count). The van der Waals surface area contributed by atoms with E-state index in [1.54, 1.807) is 12.1 Å². The molecule has 0 saturated carbocycles. The molecule has 1 fully saturated rings. The largest absolute Gasteiger partial charge is 0.495 e. The summed E-state index contributed by atoms with van der Waals surface area (Å²) in [6.07, 6.45) is 0.599. The Morgan fingerprint density at radius 1 is 1.52 bits per heavy atom. The summed E-state index contributed by atoms with van der Waals surface area (Å²) in [7, 11) is 1.47. The highest BCUT2D eigenvalue weighted by molar-refractivity contribution is 6.32. The van der Waals surface area contributed by atoms with E-state index < -0.39 is 12.0 Å². The van der Waals surface area contributed by atoms with E-state index in [4.69, 9.17) is 21.1 Å². The van der Waals surface area contributed by atoms with E-state index in [2.05, 4.69) is 5.32 Å². The lowest BCUT2D eigenvalue weighted by molar-refractivity contribution is -0.142. The summed E-state index contributed by atoms with van der Waals surface area (Å²) >= 11 is 5.99. The molecule has 0 aromatic heterocycles. The summed E-state index contributed by atoms with van der Waals surface area (Å²) in [5, 5.41) is 12.1. The van der Waals surface area contributed by atoms with Crippen LogP contribution in [-0.2, 0) is 14.3 Å². The summed E-state index contributed by atoms with van der Waals surface area (Å²) in [6.45, 7) is 0.839. The van der Waals surface area contributed by atoms with Crippen molar-refractivity contribution >= 4 is 23.5 Å². The molecule has 21 heavy (non-hydrogen) atoms. The van der Waals surface area contributed by atoms with Gasteiger partial charge in [-0.1, -0.05) is 17.7 Å².